The molecule has 0 amide bonds. The van der Waals surface area contributed by atoms with Crippen molar-refractivity contribution in [3.05, 3.63) is 22.7 Å². The van der Waals surface area contributed by atoms with E-state index in [1.165, 1.54) is 0 Å². The first-order valence-corrected chi connectivity index (χ1v) is 6.29. The Kier molecular flexibility index (Phi) is 5.72. The van der Waals surface area contributed by atoms with Crippen LogP contribution in [-0.4, -0.2) is 26.8 Å². The molecule has 5 heteroatoms. The highest BCUT2D eigenvalue weighted by molar-refractivity contribution is 6.33. The first-order valence-electron chi connectivity index (χ1n) is 5.91. The zero-order chi connectivity index (χ0) is 13.7. The molecule has 0 aliphatic heterocycles. The van der Waals surface area contributed by atoms with E-state index in [0.29, 0.717) is 29.1 Å². The summed E-state index contributed by atoms with van der Waals surface area (Å²) >= 11 is 6.35. The lowest BCUT2D eigenvalue weighted by atomic mass is 10.1. The summed E-state index contributed by atoms with van der Waals surface area (Å²) in [6, 6.07) is 4.07. The van der Waals surface area contributed by atoms with E-state index >= 15 is 0 Å². The third-order valence-electron chi connectivity index (χ3n) is 2.66. The second-order valence-electron chi connectivity index (χ2n) is 4.31. The van der Waals surface area contributed by atoms with Crippen molar-refractivity contribution in [1.29, 1.82) is 0 Å². The van der Waals surface area contributed by atoms with Gasteiger partial charge in [0.2, 0.25) is 0 Å². The van der Waals surface area contributed by atoms with Crippen LogP contribution < -0.4 is 20.5 Å². The van der Waals surface area contributed by atoms with Crippen LogP contribution in [0.25, 0.3) is 0 Å². The molecular weight excluding hydrogens is 252 g/mol. The van der Waals surface area contributed by atoms with Crippen LogP contribution in [-0.2, 0) is 0 Å². The molecule has 0 spiro atoms. The molecule has 1 unspecified atom stereocenters. The van der Waals surface area contributed by atoms with Crippen molar-refractivity contribution in [2.75, 3.05) is 20.8 Å². The number of rotatable bonds is 6. The summed E-state index contributed by atoms with van der Waals surface area (Å²) in [4.78, 5) is 0. The molecule has 102 valence electrons. The fraction of sp³-hybridized carbons (Fsp3) is 0.538. The number of nitrogens with two attached hydrogens (primary N) is 1. The van der Waals surface area contributed by atoms with Crippen molar-refractivity contribution in [3.8, 4) is 11.5 Å². The number of hydrogen-bond donors (Lipinski definition) is 2. The molecule has 0 fully saturated rings. The van der Waals surface area contributed by atoms with Crippen molar-refractivity contribution in [1.82, 2.24) is 5.32 Å². The molecule has 0 saturated heterocycles. The molecule has 1 aromatic carbocycles. The first-order chi connectivity index (χ1) is 8.54. The van der Waals surface area contributed by atoms with E-state index in [2.05, 4.69) is 19.2 Å². The lowest BCUT2D eigenvalue weighted by Crippen LogP contribution is -2.33. The highest BCUT2D eigenvalue weighted by Crippen LogP contribution is 2.39. The van der Waals surface area contributed by atoms with Crippen molar-refractivity contribution in [2.45, 2.75) is 25.9 Å². The van der Waals surface area contributed by atoms with E-state index in [0.717, 1.165) is 5.56 Å². The summed E-state index contributed by atoms with van der Waals surface area (Å²) in [6.45, 7) is 4.60. The highest BCUT2D eigenvalue weighted by atomic mass is 35.5. The van der Waals surface area contributed by atoms with E-state index in [1.807, 2.05) is 12.1 Å². The number of hydrogen-bond acceptors (Lipinski definition) is 4. The van der Waals surface area contributed by atoms with E-state index in [1.54, 1.807) is 14.2 Å². The van der Waals surface area contributed by atoms with Gasteiger partial charge < -0.3 is 20.5 Å². The largest absolute Gasteiger partial charge is 0.493 e. The average molecular weight is 273 g/mol. The fourth-order valence-corrected chi connectivity index (χ4v) is 2.23. The van der Waals surface area contributed by atoms with E-state index < -0.39 is 0 Å². The Hall–Kier alpha value is -0.970. The van der Waals surface area contributed by atoms with Crippen molar-refractivity contribution >= 4 is 11.6 Å². The lowest BCUT2D eigenvalue weighted by Gasteiger charge is -2.22. The molecule has 0 saturated carbocycles. The number of benzene rings is 1. The smallest absolute Gasteiger partial charge is 0.179 e. The maximum atomic E-state index is 6.35. The molecule has 0 bridgehead atoms. The van der Waals surface area contributed by atoms with Crippen LogP contribution in [0.15, 0.2) is 12.1 Å². The SMILES string of the molecule is COc1ccc(C(CN)NC(C)C)c(Cl)c1OC. The molecule has 0 radical (unpaired) electrons. The Balaban J connectivity index is 3.16. The van der Waals surface area contributed by atoms with E-state index in [-0.39, 0.29) is 6.04 Å². The van der Waals surface area contributed by atoms with Gasteiger partial charge in [0, 0.05) is 18.6 Å². The van der Waals surface area contributed by atoms with Gasteiger partial charge in [-0.05, 0) is 11.6 Å². The number of ether oxygens (including phenoxy) is 2. The maximum Gasteiger partial charge on any atom is 0.179 e. The molecule has 4 nitrogen and oxygen atoms in total. The van der Waals surface area contributed by atoms with E-state index in [4.69, 9.17) is 26.8 Å². The van der Waals surface area contributed by atoms with Gasteiger partial charge in [-0.3, -0.25) is 0 Å². The zero-order valence-electron chi connectivity index (χ0n) is 11.3. The van der Waals surface area contributed by atoms with Gasteiger partial charge in [-0.15, -0.1) is 0 Å². The minimum Gasteiger partial charge on any atom is -0.493 e. The van der Waals surface area contributed by atoms with Gasteiger partial charge in [0.25, 0.3) is 0 Å². The molecule has 0 aliphatic carbocycles. The Morgan fingerprint density at radius 1 is 1.28 bits per heavy atom. The average Bonchev–Trinajstić information content (AvgIpc) is 2.35. The van der Waals surface area contributed by atoms with Crippen LogP contribution in [0, 0.1) is 0 Å². The third-order valence-corrected chi connectivity index (χ3v) is 3.05. The number of nitrogens with one attached hydrogen (secondary N) is 1. The summed E-state index contributed by atoms with van der Waals surface area (Å²) in [5, 5.41) is 3.91. The summed E-state index contributed by atoms with van der Waals surface area (Å²) in [6.07, 6.45) is 0. The summed E-state index contributed by atoms with van der Waals surface area (Å²) < 4.78 is 10.5. The van der Waals surface area contributed by atoms with Crippen LogP contribution >= 0.6 is 11.6 Å². The molecule has 0 aromatic heterocycles. The van der Waals surface area contributed by atoms with Gasteiger partial charge in [-0.25, -0.2) is 0 Å². The Labute approximate surface area is 113 Å². The van der Waals surface area contributed by atoms with Crippen molar-refractivity contribution in [2.24, 2.45) is 5.73 Å². The van der Waals surface area contributed by atoms with Crippen LogP contribution in [0.3, 0.4) is 0 Å². The monoisotopic (exact) mass is 272 g/mol. The number of methoxy groups -OCH3 is 2. The van der Waals surface area contributed by atoms with Gasteiger partial charge >= 0.3 is 0 Å². The molecular formula is C13H21ClN2O2. The van der Waals surface area contributed by atoms with Gasteiger partial charge in [-0.2, -0.15) is 0 Å². The van der Waals surface area contributed by atoms with Gasteiger partial charge in [0.15, 0.2) is 11.5 Å². The second-order valence-corrected chi connectivity index (χ2v) is 4.69. The van der Waals surface area contributed by atoms with Gasteiger partial charge in [-0.1, -0.05) is 31.5 Å². The van der Waals surface area contributed by atoms with Crippen LogP contribution in [0.5, 0.6) is 11.5 Å². The summed E-state index contributed by atoms with van der Waals surface area (Å²) in [5.74, 6) is 1.16. The molecule has 0 heterocycles. The molecule has 1 aromatic rings. The first kappa shape index (κ1) is 15.1. The minimum atomic E-state index is -0.00249. The Morgan fingerprint density at radius 3 is 2.39 bits per heavy atom. The molecule has 1 rings (SSSR count). The lowest BCUT2D eigenvalue weighted by molar-refractivity contribution is 0.353. The molecule has 3 N–H and O–H groups in total. The van der Waals surface area contributed by atoms with Crippen LogP contribution in [0.2, 0.25) is 5.02 Å². The predicted molar refractivity (Wildman–Crippen MR) is 74.6 cm³/mol. The quantitative estimate of drug-likeness (QED) is 0.835. The Bertz CT molecular complexity index is 397. The topological polar surface area (TPSA) is 56.5 Å². The van der Waals surface area contributed by atoms with Crippen LogP contribution in [0.4, 0.5) is 0 Å². The normalized spacial score (nSPS) is 12.6. The molecule has 18 heavy (non-hydrogen) atoms. The van der Waals surface area contributed by atoms with Gasteiger partial charge in [0.05, 0.1) is 19.2 Å². The van der Waals surface area contributed by atoms with Gasteiger partial charge in [0.1, 0.15) is 0 Å². The fourth-order valence-electron chi connectivity index (χ4n) is 1.86. The zero-order valence-corrected chi connectivity index (χ0v) is 12.0. The van der Waals surface area contributed by atoms with Crippen molar-refractivity contribution < 1.29 is 9.47 Å². The predicted octanol–water partition coefficient (Wildman–Crippen LogP) is 2.36. The highest BCUT2D eigenvalue weighted by Gasteiger charge is 2.19. The maximum absolute atomic E-state index is 6.35. The molecule has 0 aliphatic rings. The summed E-state index contributed by atoms with van der Waals surface area (Å²) in [5.41, 5.74) is 6.71. The minimum absolute atomic E-state index is 0.00249. The summed E-state index contributed by atoms with van der Waals surface area (Å²) in [7, 11) is 3.15. The Morgan fingerprint density at radius 2 is 1.94 bits per heavy atom. The third kappa shape index (κ3) is 3.28. The standard InChI is InChI=1S/C13H21ClN2O2/c1-8(2)16-10(7-15)9-5-6-11(17-3)13(18-4)12(9)14/h5-6,8,10,16H,7,15H2,1-4H3. The van der Waals surface area contributed by atoms with E-state index in [9.17, 15) is 0 Å². The van der Waals surface area contributed by atoms with Crippen molar-refractivity contribution in [3.63, 3.8) is 0 Å². The van der Waals surface area contributed by atoms with Crippen LogP contribution in [0.1, 0.15) is 25.5 Å². The number of halogens is 1. The molecule has 1 atom stereocenters. The second kappa shape index (κ2) is 6.83.